The van der Waals surface area contributed by atoms with Crippen molar-refractivity contribution < 1.29 is 4.79 Å². The zero-order valence-corrected chi connectivity index (χ0v) is 13.3. The number of nitrogens with zero attached hydrogens (tertiary/aromatic N) is 2. The predicted molar refractivity (Wildman–Crippen MR) is 87.7 cm³/mol. The molecule has 5 nitrogen and oxygen atoms in total. The maximum Gasteiger partial charge on any atom is 0.271 e. The van der Waals surface area contributed by atoms with Gasteiger partial charge < -0.3 is 10.6 Å². The molecule has 0 saturated carbocycles. The molecule has 0 radical (unpaired) electrons. The molecule has 22 heavy (non-hydrogen) atoms. The van der Waals surface area contributed by atoms with E-state index in [9.17, 15) is 4.79 Å². The molecule has 1 aromatic heterocycles. The molecule has 0 aliphatic heterocycles. The van der Waals surface area contributed by atoms with Crippen LogP contribution in [0.5, 0.6) is 0 Å². The number of amides is 1. The molecule has 0 atom stereocenters. The molecule has 0 aliphatic rings. The van der Waals surface area contributed by atoms with Crippen LogP contribution < -0.4 is 10.6 Å². The van der Waals surface area contributed by atoms with Gasteiger partial charge in [0.2, 0.25) is 0 Å². The molecule has 5 heteroatoms. The molecule has 1 amide bonds. The average molecular weight is 298 g/mol. The van der Waals surface area contributed by atoms with Crippen molar-refractivity contribution in [2.75, 3.05) is 11.9 Å². The third-order valence-corrected chi connectivity index (χ3v) is 3.29. The number of anilines is 1. The van der Waals surface area contributed by atoms with Crippen LogP contribution in [-0.2, 0) is 6.54 Å². The molecular formula is C17H22N4O. The number of carbonyl (C=O) groups excluding carboxylic acids is 1. The fraction of sp³-hybridized carbons (Fsp3) is 0.353. The van der Waals surface area contributed by atoms with Crippen LogP contribution in [-0.4, -0.2) is 22.6 Å². The summed E-state index contributed by atoms with van der Waals surface area (Å²) in [6, 6.07) is 11.6. The van der Waals surface area contributed by atoms with E-state index in [2.05, 4.69) is 39.9 Å². The van der Waals surface area contributed by atoms with Gasteiger partial charge in [0, 0.05) is 13.1 Å². The maximum absolute atomic E-state index is 11.9. The molecule has 2 aromatic rings. The van der Waals surface area contributed by atoms with Gasteiger partial charge >= 0.3 is 0 Å². The van der Waals surface area contributed by atoms with Crippen molar-refractivity contribution in [3.63, 3.8) is 0 Å². The van der Waals surface area contributed by atoms with Gasteiger partial charge in [-0.25, -0.2) is 0 Å². The van der Waals surface area contributed by atoms with Crippen LogP contribution >= 0.6 is 0 Å². The standard InChI is InChI=1S/C17H22N4O/c1-12(2)10-19-17(22)15-8-9-16(21-20-15)18-11-14-7-5-4-6-13(14)3/h4-9,12H,10-11H2,1-3H3,(H,18,21)(H,19,22). The summed E-state index contributed by atoms with van der Waals surface area (Å²) in [6.45, 7) is 7.48. The molecule has 0 saturated heterocycles. The highest BCUT2D eigenvalue weighted by atomic mass is 16.1. The molecule has 0 unspecified atom stereocenters. The van der Waals surface area contributed by atoms with Crippen LogP contribution in [0.1, 0.15) is 35.5 Å². The van der Waals surface area contributed by atoms with E-state index in [0.717, 1.165) is 0 Å². The number of hydrogen-bond acceptors (Lipinski definition) is 4. The van der Waals surface area contributed by atoms with E-state index in [1.807, 2.05) is 26.0 Å². The van der Waals surface area contributed by atoms with Crippen LogP contribution in [0.3, 0.4) is 0 Å². The second-order valence-electron chi connectivity index (χ2n) is 5.69. The lowest BCUT2D eigenvalue weighted by molar-refractivity contribution is 0.0943. The Labute approximate surface area is 131 Å². The first-order chi connectivity index (χ1) is 10.6. The highest BCUT2D eigenvalue weighted by molar-refractivity contribution is 5.92. The van der Waals surface area contributed by atoms with Crippen molar-refractivity contribution in [1.82, 2.24) is 15.5 Å². The van der Waals surface area contributed by atoms with Gasteiger partial charge in [-0.15, -0.1) is 10.2 Å². The number of benzene rings is 1. The highest BCUT2D eigenvalue weighted by Gasteiger charge is 2.08. The fourth-order valence-corrected chi connectivity index (χ4v) is 1.93. The van der Waals surface area contributed by atoms with Gasteiger partial charge in [-0.2, -0.15) is 0 Å². The van der Waals surface area contributed by atoms with Gasteiger partial charge in [0.25, 0.3) is 5.91 Å². The monoisotopic (exact) mass is 298 g/mol. The third-order valence-electron chi connectivity index (χ3n) is 3.29. The van der Waals surface area contributed by atoms with Gasteiger partial charge in [0.1, 0.15) is 5.82 Å². The highest BCUT2D eigenvalue weighted by Crippen LogP contribution is 2.10. The predicted octanol–water partition coefficient (Wildman–Crippen LogP) is 2.78. The number of rotatable bonds is 6. The van der Waals surface area contributed by atoms with Crippen molar-refractivity contribution >= 4 is 11.7 Å². The Kier molecular flexibility index (Phi) is 5.47. The second-order valence-corrected chi connectivity index (χ2v) is 5.69. The lowest BCUT2D eigenvalue weighted by Gasteiger charge is -2.09. The van der Waals surface area contributed by atoms with Gasteiger partial charge in [0.15, 0.2) is 5.69 Å². The summed E-state index contributed by atoms with van der Waals surface area (Å²) >= 11 is 0. The summed E-state index contributed by atoms with van der Waals surface area (Å²) in [6.07, 6.45) is 0. The molecule has 2 rings (SSSR count). The van der Waals surface area contributed by atoms with E-state index in [0.29, 0.717) is 30.5 Å². The normalized spacial score (nSPS) is 10.5. The minimum absolute atomic E-state index is 0.188. The summed E-state index contributed by atoms with van der Waals surface area (Å²) in [7, 11) is 0. The first-order valence-electron chi connectivity index (χ1n) is 7.46. The lowest BCUT2D eigenvalue weighted by Crippen LogP contribution is -2.28. The van der Waals surface area contributed by atoms with Gasteiger partial charge in [0.05, 0.1) is 0 Å². The van der Waals surface area contributed by atoms with Crippen molar-refractivity contribution in [1.29, 1.82) is 0 Å². The zero-order chi connectivity index (χ0) is 15.9. The number of hydrogen-bond donors (Lipinski definition) is 2. The van der Waals surface area contributed by atoms with Gasteiger partial charge in [-0.05, 0) is 36.1 Å². The third kappa shape index (κ3) is 4.55. The first-order valence-corrected chi connectivity index (χ1v) is 7.46. The number of aromatic nitrogens is 2. The molecular weight excluding hydrogens is 276 g/mol. The Hall–Kier alpha value is -2.43. The van der Waals surface area contributed by atoms with E-state index in [4.69, 9.17) is 0 Å². The van der Waals surface area contributed by atoms with Crippen molar-refractivity contribution in [3.8, 4) is 0 Å². The summed E-state index contributed by atoms with van der Waals surface area (Å²) in [4.78, 5) is 11.9. The van der Waals surface area contributed by atoms with Crippen molar-refractivity contribution in [2.45, 2.75) is 27.3 Å². The quantitative estimate of drug-likeness (QED) is 0.860. The van der Waals surface area contributed by atoms with E-state index in [1.54, 1.807) is 12.1 Å². The number of carbonyl (C=O) groups is 1. The molecule has 2 N–H and O–H groups in total. The largest absolute Gasteiger partial charge is 0.364 e. The smallest absolute Gasteiger partial charge is 0.271 e. The summed E-state index contributed by atoms with van der Waals surface area (Å²) in [5.41, 5.74) is 2.78. The van der Waals surface area contributed by atoms with E-state index in [-0.39, 0.29) is 5.91 Å². The minimum Gasteiger partial charge on any atom is -0.364 e. The molecule has 0 fully saturated rings. The Bertz CT molecular complexity index is 623. The van der Waals surface area contributed by atoms with Gasteiger partial charge in [-0.1, -0.05) is 38.1 Å². The van der Waals surface area contributed by atoms with Crippen LogP contribution in [0.2, 0.25) is 0 Å². The zero-order valence-electron chi connectivity index (χ0n) is 13.3. The second kappa shape index (κ2) is 7.54. The summed E-state index contributed by atoms with van der Waals surface area (Å²) in [5, 5.41) is 14.1. The maximum atomic E-state index is 11.9. The Morgan fingerprint density at radius 3 is 2.55 bits per heavy atom. The average Bonchev–Trinajstić information content (AvgIpc) is 2.52. The number of nitrogens with one attached hydrogen (secondary N) is 2. The SMILES string of the molecule is Cc1ccccc1CNc1ccc(C(=O)NCC(C)C)nn1. The minimum atomic E-state index is -0.188. The van der Waals surface area contributed by atoms with Crippen molar-refractivity contribution in [2.24, 2.45) is 5.92 Å². The Balaban J connectivity index is 1.92. The van der Waals surface area contributed by atoms with E-state index >= 15 is 0 Å². The van der Waals surface area contributed by atoms with Crippen molar-refractivity contribution in [3.05, 3.63) is 53.2 Å². The van der Waals surface area contributed by atoms with E-state index in [1.165, 1.54) is 11.1 Å². The molecule has 1 aromatic carbocycles. The Morgan fingerprint density at radius 1 is 1.14 bits per heavy atom. The van der Waals surface area contributed by atoms with Crippen LogP contribution in [0.25, 0.3) is 0 Å². The molecule has 0 spiro atoms. The number of aryl methyl sites for hydroxylation is 1. The fourth-order valence-electron chi connectivity index (χ4n) is 1.93. The first kappa shape index (κ1) is 15.9. The summed E-state index contributed by atoms with van der Waals surface area (Å²) < 4.78 is 0. The summed E-state index contributed by atoms with van der Waals surface area (Å²) in [5.74, 6) is 0.877. The van der Waals surface area contributed by atoms with Gasteiger partial charge in [-0.3, -0.25) is 4.79 Å². The molecule has 1 heterocycles. The van der Waals surface area contributed by atoms with Crippen LogP contribution in [0, 0.1) is 12.8 Å². The molecule has 116 valence electrons. The lowest BCUT2D eigenvalue weighted by atomic mass is 10.1. The van der Waals surface area contributed by atoms with Crippen LogP contribution in [0.4, 0.5) is 5.82 Å². The molecule has 0 aliphatic carbocycles. The Morgan fingerprint density at radius 2 is 1.91 bits per heavy atom. The van der Waals surface area contributed by atoms with Crippen LogP contribution in [0.15, 0.2) is 36.4 Å². The topological polar surface area (TPSA) is 66.9 Å². The van der Waals surface area contributed by atoms with E-state index < -0.39 is 0 Å². The molecule has 0 bridgehead atoms.